The second-order valence-electron chi connectivity index (χ2n) is 5.41. The Kier molecular flexibility index (Phi) is 4.00. The first-order chi connectivity index (χ1) is 10.7. The zero-order valence-corrected chi connectivity index (χ0v) is 13.5. The first kappa shape index (κ1) is 14.8. The van der Waals surface area contributed by atoms with Crippen LogP contribution >= 0.6 is 11.6 Å². The largest absolute Gasteiger partial charge is 0.345 e. The summed E-state index contributed by atoms with van der Waals surface area (Å²) in [6.07, 6.45) is 1.59. The molecule has 112 valence electrons. The van der Waals surface area contributed by atoms with Gasteiger partial charge in [-0.15, -0.1) is 5.10 Å². The fourth-order valence-corrected chi connectivity index (χ4v) is 3.21. The Hall–Kier alpha value is -2.12. The van der Waals surface area contributed by atoms with Crippen LogP contribution in [-0.4, -0.2) is 10.2 Å². The maximum atomic E-state index is 9.61. The van der Waals surface area contributed by atoms with Gasteiger partial charge < -0.3 is 4.90 Å². The van der Waals surface area contributed by atoms with Crippen molar-refractivity contribution in [3.05, 3.63) is 51.2 Å². The van der Waals surface area contributed by atoms with Gasteiger partial charge in [-0.1, -0.05) is 31.5 Å². The molecule has 1 aliphatic heterocycles. The number of anilines is 1. The van der Waals surface area contributed by atoms with E-state index in [4.69, 9.17) is 11.6 Å². The third kappa shape index (κ3) is 2.42. The summed E-state index contributed by atoms with van der Waals surface area (Å²) in [5.41, 5.74) is 5.02. The van der Waals surface area contributed by atoms with Crippen LogP contribution < -0.4 is 4.90 Å². The first-order valence-corrected chi connectivity index (χ1v) is 7.86. The number of hydrogen-bond acceptors (Lipinski definition) is 4. The molecule has 5 heteroatoms. The molecule has 0 amide bonds. The van der Waals surface area contributed by atoms with E-state index in [1.54, 1.807) is 0 Å². The molecule has 0 spiro atoms. The average Bonchev–Trinajstić information content (AvgIpc) is 2.95. The highest BCUT2D eigenvalue weighted by Crippen LogP contribution is 2.32. The number of aromatic nitrogens is 2. The summed E-state index contributed by atoms with van der Waals surface area (Å²) < 4.78 is 0. The minimum Gasteiger partial charge on any atom is -0.345 e. The summed E-state index contributed by atoms with van der Waals surface area (Å²) in [7, 11) is 0. The molecular weight excluding hydrogens is 296 g/mol. The number of benzene rings is 1. The molecule has 0 saturated heterocycles. The fraction of sp³-hybridized carbons (Fsp3) is 0.353. The van der Waals surface area contributed by atoms with Gasteiger partial charge >= 0.3 is 0 Å². The fourth-order valence-electron chi connectivity index (χ4n) is 3.01. The summed E-state index contributed by atoms with van der Waals surface area (Å²) in [6, 6.07) is 8.26. The van der Waals surface area contributed by atoms with E-state index >= 15 is 0 Å². The molecule has 0 atom stereocenters. The highest BCUT2D eigenvalue weighted by Gasteiger charge is 2.25. The van der Waals surface area contributed by atoms with E-state index in [2.05, 4.69) is 28.1 Å². The molecule has 0 aliphatic carbocycles. The molecule has 0 fully saturated rings. The van der Waals surface area contributed by atoms with Gasteiger partial charge in [0.2, 0.25) is 0 Å². The van der Waals surface area contributed by atoms with Gasteiger partial charge in [-0.2, -0.15) is 10.4 Å². The lowest BCUT2D eigenvalue weighted by Gasteiger charge is -2.19. The minimum absolute atomic E-state index is 0.660. The van der Waals surface area contributed by atoms with Crippen molar-refractivity contribution < 1.29 is 0 Å². The summed E-state index contributed by atoms with van der Waals surface area (Å²) in [6.45, 7) is 5.55. The van der Waals surface area contributed by atoms with Crippen LogP contribution in [0.15, 0.2) is 18.2 Å². The van der Waals surface area contributed by atoms with E-state index in [9.17, 15) is 5.26 Å². The summed E-state index contributed by atoms with van der Waals surface area (Å²) >= 11 is 6.06. The van der Waals surface area contributed by atoms with E-state index < -0.39 is 0 Å². The van der Waals surface area contributed by atoms with Crippen molar-refractivity contribution in [3.63, 3.8) is 0 Å². The third-order valence-electron chi connectivity index (χ3n) is 4.13. The van der Waals surface area contributed by atoms with Crippen LogP contribution in [0.4, 0.5) is 5.82 Å². The number of halogens is 1. The molecule has 2 heterocycles. The zero-order valence-electron chi connectivity index (χ0n) is 12.7. The number of nitriles is 1. The highest BCUT2D eigenvalue weighted by atomic mass is 35.5. The lowest BCUT2D eigenvalue weighted by atomic mass is 10.0. The molecule has 1 aliphatic rings. The van der Waals surface area contributed by atoms with Crippen molar-refractivity contribution >= 4 is 17.4 Å². The second kappa shape index (κ2) is 5.94. The van der Waals surface area contributed by atoms with Gasteiger partial charge in [-0.3, -0.25) is 0 Å². The number of rotatable bonds is 3. The van der Waals surface area contributed by atoms with Crippen LogP contribution in [0, 0.1) is 11.3 Å². The summed E-state index contributed by atoms with van der Waals surface area (Å²) in [4.78, 5) is 2.10. The summed E-state index contributed by atoms with van der Waals surface area (Å²) in [5, 5.41) is 19.0. The van der Waals surface area contributed by atoms with E-state index in [-0.39, 0.29) is 0 Å². The Bertz CT molecular complexity index is 764. The van der Waals surface area contributed by atoms with Gasteiger partial charge in [-0.05, 0) is 41.7 Å². The van der Waals surface area contributed by atoms with E-state index in [1.165, 1.54) is 11.1 Å². The normalized spacial score (nSPS) is 13.1. The number of hydrogen-bond donors (Lipinski definition) is 0. The summed E-state index contributed by atoms with van der Waals surface area (Å²) in [5.74, 6) is 0.684. The molecule has 0 radical (unpaired) electrons. The maximum absolute atomic E-state index is 9.61. The zero-order chi connectivity index (χ0) is 15.7. The van der Waals surface area contributed by atoms with Gasteiger partial charge in [0.05, 0.1) is 5.69 Å². The quantitative estimate of drug-likeness (QED) is 0.868. The Balaban J connectivity index is 2.02. The Morgan fingerprint density at radius 1 is 1.18 bits per heavy atom. The van der Waals surface area contributed by atoms with Gasteiger partial charge in [-0.25, -0.2) is 0 Å². The number of fused-ring (bicyclic) bond motifs is 1. The maximum Gasteiger partial charge on any atom is 0.170 e. The van der Waals surface area contributed by atoms with E-state index in [1.807, 2.05) is 25.1 Å². The molecule has 0 unspecified atom stereocenters. The smallest absolute Gasteiger partial charge is 0.170 e. The predicted molar refractivity (Wildman–Crippen MR) is 86.8 cm³/mol. The molecule has 0 bridgehead atoms. The van der Waals surface area contributed by atoms with Crippen LogP contribution in [0.2, 0.25) is 5.02 Å². The van der Waals surface area contributed by atoms with Crippen LogP contribution in [-0.2, 0) is 25.9 Å². The standard InChI is InChI=1S/C17H17ClN4/c1-3-14-15(8-19)17(21-20-16(14)4-2)22-9-11-5-6-13(18)7-12(11)10-22/h5-7H,3-4,9-10H2,1-2H3. The molecule has 0 saturated carbocycles. The Morgan fingerprint density at radius 2 is 1.95 bits per heavy atom. The van der Waals surface area contributed by atoms with Gasteiger partial charge in [0.25, 0.3) is 0 Å². The van der Waals surface area contributed by atoms with E-state index in [0.717, 1.165) is 35.7 Å². The van der Waals surface area contributed by atoms with Gasteiger partial charge in [0.1, 0.15) is 11.6 Å². The lowest BCUT2D eigenvalue weighted by molar-refractivity contribution is 0.797. The van der Waals surface area contributed by atoms with Crippen molar-refractivity contribution in [1.29, 1.82) is 5.26 Å². The van der Waals surface area contributed by atoms with Crippen LogP contribution in [0.25, 0.3) is 0 Å². The molecule has 0 N–H and O–H groups in total. The van der Waals surface area contributed by atoms with Crippen molar-refractivity contribution in [2.45, 2.75) is 39.8 Å². The minimum atomic E-state index is 0.660. The van der Waals surface area contributed by atoms with Crippen molar-refractivity contribution in [2.75, 3.05) is 4.90 Å². The third-order valence-corrected chi connectivity index (χ3v) is 4.36. The number of nitrogens with zero attached hydrogens (tertiary/aromatic N) is 4. The predicted octanol–water partition coefficient (Wildman–Crippen LogP) is 3.65. The molecule has 1 aromatic carbocycles. The van der Waals surface area contributed by atoms with Crippen LogP contribution in [0.5, 0.6) is 0 Å². The lowest BCUT2D eigenvalue weighted by Crippen LogP contribution is -2.20. The Morgan fingerprint density at radius 3 is 2.64 bits per heavy atom. The van der Waals surface area contributed by atoms with Crippen molar-refractivity contribution in [3.8, 4) is 6.07 Å². The first-order valence-electron chi connectivity index (χ1n) is 7.48. The van der Waals surface area contributed by atoms with Crippen molar-refractivity contribution in [2.24, 2.45) is 0 Å². The SMILES string of the molecule is CCc1nnc(N2Cc3ccc(Cl)cc3C2)c(C#N)c1CC. The van der Waals surface area contributed by atoms with Crippen LogP contribution in [0.3, 0.4) is 0 Å². The molecule has 22 heavy (non-hydrogen) atoms. The average molecular weight is 313 g/mol. The molecule has 3 rings (SSSR count). The van der Waals surface area contributed by atoms with Gasteiger partial charge in [0.15, 0.2) is 5.82 Å². The topological polar surface area (TPSA) is 52.8 Å². The molecule has 2 aromatic rings. The monoisotopic (exact) mass is 312 g/mol. The second-order valence-corrected chi connectivity index (χ2v) is 5.85. The van der Waals surface area contributed by atoms with Crippen molar-refractivity contribution in [1.82, 2.24) is 10.2 Å². The molecule has 4 nitrogen and oxygen atoms in total. The Labute approximate surface area is 135 Å². The van der Waals surface area contributed by atoms with Crippen LogP contribution in [0.1, 0.15) is 41.8 Å². The van der Waals surface area contributed by atoms with Gasteiger partial charge in [0, 0.05) is 18.1 Å². The molecular formula is C17H17ClN4. The highest BCUT2D eigenvalue weighted by molar-refractivity contribution is 6.30. The van der Waals surface area contributed by atoms with E-state index in [0.29, 0.717) is 17.9 Å². The molecule has 1 aromatic heterocycles. The number of aryl methyl sites for hydroxylation is 1.